The molecule has 0 aliphatic carbocycles. The van der Waals surface area contributed by atoms with E-state index in [1.165, 1.54) is 4.57 Å². The summed E-state index contributed by atoms with van der Waals surface area (Å²) in [6, 6.07) is 10.8. The van der Waals surface area contributed by atoms with E-state index >= 15 is 0 Å². The number of fused-ring (bicyclic) bond motifs is 1. The normalized spacial score (nSPS) is 18.2. The fraction of sp³-hybridized carbons (Fsp3) is 0.409. The van der Waals surface area contributed by atoms with Crippen molar-refractivity contribution in [3.63, 3.8) is 0 Å². The summed E-state index contributed by atoms with van der Waals surface area (Å²) in [5.41, 5.74) is 1.42. The predicted molar refractivity (Wildman–Crippen MR) is 108 cm³/mol. The molecule has 7 nitrogen and oxygen atoms in total. The Balaban J connectivity index is 2.13. The zero-order chi connectivity index (χ0) is 21.6. The van der Waals surface area contributed by atoms with Crippen LogP contribution in [0.1, 0.15) is 52.8 Å². The molecular formula is C22H25N3O4. The summed E-state index contributed by atoms with van der Waals surface area (Å²) < 4.78 is 12.7. The summed E-state index contributed by atoms with van der Waals surface area (Å²) in [5, 5.41) is 12.3. The van der Waals surface area contributed by atoms with E-state index in [0.717, 1.165) is 5.56 Å². The van der Waals surface area contributed by atoms with E-state index in [1.807, 2.05) is 26.0 Å². The lowest BCUT2D eigenvalue weighted by Gasteiger charge is -2.27. The van der Waals surface area contributed by atoms with E-state index in [2.05, 4.69) is 5.32 Å². The zero-order valence-electron chi connectivity index (χ0n) is 17.5. The number of rotatable bonds is 1. The molecule has 0 bridgehead atoms. The largest absolute Gasteiger partial charge is 0.443 e. The molecule has 1 atom stereocenters. The summed E-state index contributed by atoms with van der Waals surface area (Å²) in [4.78, 5) is 25.0. The minimum atomic E-state index is -0.731. The first-order chi connectivity index (χ1) is 13.4. The maximum absolute atomic E-state index is 12.8. The number of anilines is 1. The molecular weight excluding hydrogens is 370 g/mol. The van der Waals surface area contributed by atoms with E-state index in [4.69, 9.17) is 9.47 Å². The second-order valence-corrected chi connectivity index (χ2v) is 8.55. The lowest BCUT2D eigenvalue weighted by atomic mass is 9.93. The van der Waals surface area contributed by atoms with Crippen molar-refractivity contribution in [1.29, 1.82) is 5.26 Å². The SMILES string of the molecule is CC1OC(C)(C)c2cc(-c3ccc(C#N)n3C(=O)OC(C)(C)C)ccc2NC1=O. The van der Waals surface area contributed by atoms with E-state index in [-0.39, 0.29) is 11.6 Å². The number of ether oxygens (including phenoxy) is 2. The number of amides is 1. The third-order valence-electron chi connectivity index (χ3n) is 4.63. The molecule has 1 N–H and O–H groups in total. The zero-order valence-corrected chi connectivity index (χ0v) is 17.5. The van der Waals surface area contributed by atoms with Gasteiger partial charge < -0.3 is 14.8 Å². The monoisotopic (exact) mass is 395 g/mol. The molecule has 0 saturated heterocycles. The molecule has 3 rings (SSSR count). The van der Waals surface area contributed by atoms with Gasteiger partial charge in [0, 0.05) is 11.3 Å². The fourth-order valence-corrected chi connectivity index (χ4v) is 3.36. The second-order valence-electron chi connectivity index (χ2n) is 8.55. The van der Waals surface area contributed by atoms with Gasteiger partial charge in [-0.25, -0.2) is 9.36 Å². The number of aromatic nitrogens is 1. The Hall–Kier alpha value is -3.11. The van der Waals surface area contributed by atoms with Crippen LogP contribution in [0.3, 0.4) is 0 Å². The molecule has 29 heavy (non-hydrogen) atoms. The number of nitrogens with zero attached hydrogens (tertiary/aromatic N) is 2. The van der Waals surface area contributed by atoms with Crippen molar-refractivity contribution in [3.8, 4) is 17.3 Å². The van der Waals surface area contributed by atoms with Crippen LogP contribution in [0.5, 0.6) is 0 Å². The van der Waals surface area contributed by atoms with Gasteiger partial charge in [0.2, 0.25) is 0 Å². The van der Waals surface area contributed by atoms with Crippen molar-refractivity contribution in [3.05, 3.63) is 41.6 Å². The van der Waals surface area contributed by atoms with Gasteiger partial charge in [0.25, 0.3) is 5.91 Å². The van der Waals surface area contributed by atoms with Crippen molar-refractivity contribution < 1.29 is 19.1 Å². The first-order valence-corrected chi connectivity index (χ1v) is 9.42. The van der Waals surface area contributed by atoms with Crippen LogP contribution >= 0.6 is 0 Å². The maximum atomic E-state index is 12.8. The molecule has 1 aromatic carbocycles. The van der Waals surface area contributed by atoms with Crippen LogP contribution in [0.15, 0.2) is 30.3 Å². The summed E-state index contributed by atoms with van der Waals surface area (Å²) >= 11 is 0. The number of hydrogen-bond acceptors (Lipinski definition) is 5. The molecule has 0 radical (unpaired) electrons. The minimum absolute atomic E-state index is 0.182. The highest BCUT2D eigenvalue weighted by molar-refractivity contribution is 5.96. The van der Waals surface area contributed by atoms with Gasteiger partial charge in [-0.1, -0.05) is 6.07 Å². The quantitative estimate of drug-likeness (QED) is 0.772. The molecule has 1 aromatic heterocycles. The van der Waals surface area contributed by atoms with E-state index in [9.17, 15) is 14.9 Å². The number of benzene rings is 1. The number of hydrogen-bond donors (Lipinski definition) is 1. The lowest BCUT2D eigenvalue weighted by Crippen LogP contribution is -2.30. The molecule has 7 heteroatoms. The Morgan fingerprint density at radius 1 is 1.28 bits per heavy atom. The molecule has 1 aliphatic heterocycles. The molecule has 1 unspecified atom stereocenters. The number of carbonyl (C=O) groups is 2. The fourth-order valence-electron chi connectivity index (χ4n) is 3.36. The summed E-state index contributed by atoms with van der Waals surface area (Å²) in [5.74, 6) is -0.214. The topological polar surface area (TPSA) is 93.3 Å². The molecule has 2 heterocycles. The van der Waals surface area contributed by atoms with Gasteiger partial charge in [-0.2, -0.15) is 5.26 Å². The van der Waals surface area contributed by atoms with E-state index in [0.29, 0.717) is 16.9 Å². The van der Waals surface area contributed by atoms with Crippen LogP contribution < -0.4 is 5.32 Å². The third-order valence-corrected chi connectivity index (χ3v) is 4.63. The highest BCUT2D eigenvalue weighted by Crippen LogP contribution is 2.38. The number of nitrogens with one attached hydrogen (secondary N) is 1. The van der Waals surface area contributed by atoms with Crippen molar-refractivity contribution >= 4 is 17.7 Å². The molecule has 2 aromatic rings. The van der Waals surface area contributed by atoms with Crippen molar-refractivity contribution in [2.45, 2.75) is 58.8 Å². The molecule has 0 saturated carbocycles. The molecule has 1 aliphatic rings. The minimum Gasteiger partial charge on any atom is -0.443 e. The van der Waals surface area contributed by atoms with Crippen LogP contribution in [-0.2, 0) is 19.9 Å². The first kappa shape index (κ1) is 20.6. The standard InChI is InChI=1S/C22H25N3O4/c1-13-19(26)24-17-9-7-14(11-16(17)22(5,6)28-13)18-10-8-15(12-23)25(18)20(27)29-21(2,3)4/h7-11,13H,1-6H3,(H,24,26). The smallest absolute Gasteiger partial charge is 0.420 e. The number of nitriles is 1. The Bertz CT molecular complexity index is 1020. The average Bonchev–Trinajstić information content (AvgIpc) is 3.00. The molecule has 0 fully saturated rings. The Morgan fingerprint density at radius 3 is 2.59 bits per heavy atom. The van der Waals surface area contributed by atoms with Crippen molar-refractivity contribution in [2.75, 3.05) is 5.32 Å². The Kier molecular flexibility index (Phi) is 5.01. The highest BCUT2D eigenvalue weighted by atomic mass is 16.6. The summed E-state index contributed by atoms with van der Waals surface area (Å²) in [6.45, 7) is 10.8. The maximum Gasteiger partial charge on any atom is 0.420 e. The van der Waals surface area contributed by atoms with Crippen LogP contribution in [0.2, 0.25) is 0 Å². The summed E-state index contributed by atoms with van der Waals surface area (Å²) in [7, 11) is 0. The van der Waals surface area contributed by atoms with Gasteiger partial charge in [0.1, 0.15) is 23.5 Å². The molecule has 0 spiro atoms. The van der Waals surface area contributed by atoms with Crippen molar-refractivity contribution in [1.82, 2.24) is 4.57 Å². The predicted octanol–water partition coefficient (Wildman–Crippen LogP) is 4.40. The van der Waals surface area contributed by atoms with Gasteiger partial charge in [-0.15, -0.1) is 0 Å². The van der Waals surface area contributed by atoms with Gasteiger partial charge in [0.05, 0.1) is 11.3 Å². The lowest BCUT2D eigenvalue weighted by molar-refractivity contribution is -0.136. The third kappa shape index (κ3) is 4.03. The van der Waals surface area contributed by atoms with E-state index in [1.54, 1.807) is 52.0 Å². The van der Waals surface area contributed by atoms with E-state index < -0.39 is 23.4 Å². The van der Waals surface area contributed by atoms with Crippen LogP contribution in [0.25, 0.3) is 11.3 Å². The first-order valence-electron chi connectivity index (χ1n) is 9.42. The van der Waals surface area contributed by atoms with Crippen LogP contribution in [-0.4, -0.2) is 28.3 Å². The average molecular weight is 395 g/mol. The van der Waals surface area contributed by atoms with Crippen LogP contribution in [0, 0.1) is 11.3 Å². The molecule has 152 valence electrons. The highest BCUT2D eigenvalue weighted by Gasteiger charge is 2.34. The van der Waals surface area contributed by atoms with Crippen LogP contribution in [0.4, 0.5) is 10.5 Å². The van der Waals surface area contributed by atoms with Gasteiger partial charge in [-0.3, -0.25) is 4.79 Å². The molecule has 1 amide bonds. The second kappa shape index (κ2) is 7.05. The Labute approximate surface area is 170 Å². The van der Waals surface area contributed by atoms with Gasteiger partial charge in [-0.05, 0) is 71.4 Å². The van der Waals surface area contributed by atoms with Crippen molar-refractivity contribution in [2.24, 2.45) is 0 Å². The Morgan fingerprint density at radius 2 is 1.97 bits per heavy atom. The van der Waals surface area contributed by atoms with Gasteiger partial charge >= 0.3 is 6.09 Å². The number of carbonyl (C=O) groups excluding carboxylic acids is 2. The van der Waals surface area contributed by atoms with Gasteiger partial charge in [0.15, 0.2) is 0 Å². The summed E-state index contributed by atoms with van der Waals surface area (Å²) in [6.07, 6.45) is -1.22.